The third-order valence-corrected chi connectivity index (χ3v) is 2.47. The van der Waals surface area contributed by atoms with Gasteiger partial charge >= 0.3 is 5.97 Å². The summed E-state index contributed by atoms with van der Waals surface area (Å²) in [5, 5.41) is 0. The molecule has 1 aliphatic carbocycles. The number of carbonyl (C=O) groups is 2. The van der Waals surface area contributed by atoms with Gasteiger partial charge in [-0.25, -0.2) is 0 Å². The Bertz CT molecular complexity index is 377. The van der Waals surface area contributed by atoms with Gasteiger partial charge in [-0.05, 0) is 12.5 Å². The topological polar surface area (TPSA) is 56.5 Å². The number of furan rings is 1. The molecule has 4 nitrogen and oxygen atoms in total. The van der Waals surface area contributed by atoms with Crippen molar-refractivity contribution in [3.8, 4) is 0 Å². The fourth-order valence-corrected chi connectivity index (χ4v) is 1.72. The Balaban J connectivity index is 2.30. The van der Waals surface area contributed by atoms with Gasteiger partial charge in [0.1, 0.15) is 11.7 Å². The van der Waals surface area contributed by atoms with Gasteiger partial charge in [-0.3, -0.25) is 9.59 Å². The quantitative estimate of drug-likeness (QED) is 0.498. The largest absolute Gasteiger partial charge is 0.469 e. The molecule has 0 aromatic carbocycles. The van der Waals surface area contributed by atoms with Gasteiger partial charge in [0, 0.05) is 6.42 Å². The highest BCUT2D eigenvalue weighted by atomic mass is 16.5. The van der Waals surface area contributed by atoms with E-state index in [1.807, 2.05) is 0 Å². The van der Waals surface area contributed by atoms with Crippen molar-refractivity contribution in [1.29, 1.82) is 0 Å². The second kappa shape index (κ2) is 3.29. The number of hydrogen-bond acceptors (Lipinski definition) is 4. The summed E-state index contributed by atoms with van der Waals surface area (Å²) in [6.07, 6.45) is 2.57. The van der Waals surface area contributed by atoms with Gasteiger partial charge in [0.15, 0.2) is 5.78 Å². The third kappa shape index (κ3) is 1.23. The Hall–Kier alpha value is -1.58. The molecule has 0 spiro atoms. The first-order valence-corrected chi connectivity index (χ1v) is 4.42. The van der Waals surface area contributed by atoms with E-state index in [1.165, 1.54) is 13.4 Å². The van der Waals surface area contributed by atoms with Crippen molar-refractivity contribution < 1.29 is 18.7 Å². The fourth-order valence-electron chi connectivity index (χ4n) is 1.72. The molecular weight excluding hydrogens is 184 g/mol. The summed E-state index contributed by atoms with van der Waals surface area (Å²) in [5.41, 5.74) is 0.520. The third-order valence-electron chi connectivity index (χ3n) is 2.47. The summed E-state index contributed by atoms with van der Waals surface area (Å²) in [6.45, 7) is 0. The van der Waals surface area contributed by atoms with Crippen LogP contribution < -0.4 is 0 Å². The molecule has 0 saturated heterocycles. The first-order chi connectivity index (χ1) is 6.74. The van der Waals surface area contributed by atoms with Crippen molar-refractivity contribution in [3.63, 3.8) is 0 Å². The van der Waals surface area contributed by atoms with Gasteiger partial charge in [0.05, 0.1) is 18.9 Å². The monoisotopic (exact) mass is 194 g/mol. The lowest BCUT2D eigenvalue weighted by Crippen LogP contribution is -2.29. The molecule has 1 heterocycles. The summed E-state index contributed by atoms with van der Waals surface area (Å²) >= 11 is 0. The Kier molecular flexibility index (Phi) is 2.11. The van der Waals surface area contributed by atoms with Gasteiger partial charge in [-0.15, -0.1) is 0 Å². The zero-order valence-corrected chi connectivity index (χ0v) is 7.78. The maximum absolute atomic E-state index is 11.7. The van der Waals surface area contributed by atoms with E-state index in [9.17, 15) is 9.59 Å². The zero-order chi connectivity index (χ0) is 10.1. The number of ketones is 1. The highest BCUT2D eigenvalue weighted by molar-refractivity contribution is 6.09. The van der Waals surface area contributed by atoms with E-state index in [1.54, 1.807) is 6.07 Å². The van der Waals surface area contributed by atoms with E-state index >= 15 is 0 Å². The number of Topliss-reactive ketones (excluding diaryl/α,β-unsaturated/α-hetero) is 1. The SMILES string of the molecule is COC(=O)[C@H]1CCc2occc2C1=O. The number of methoxy groups -OCH3 is 1. The summed E-state index contributed by atoms with van der Waals surface area (Å²) in [7, 11) is 1.29. The molecule has 0 radical (unpaired) electrons. The summed E-state index contributed by atoms with van der Waals surface area (Å²) in [6, 6.07) is 1.60. The number of hydrogen-bond donors (Lipinski definition) is 0. The minimum Gasteiger partial charge on any atom is -0.469 e. The van der Waals surface area contributed by atoms with Crippen LogP contribution in [0.1, 0.15) is 22.5 Å². The molecule has 0 unspecified atom stereocenters. The first-order valence-electron chi connectivity index (χ1n) is 4.42. The Morgan fingerprint density at radius 1 is 1.64 bits per heavy atom. The number of carbonyl (C=O) groups excluding carboxylic acids is 2. The molecule has 1 atom stereocenters. The van der Waals surface area contributed by atoms with E-state index in [4.69, 9.17) is 4.42 Å². The normalized spacial score (nSPS) is 20.4. The molecule has 0 bridgehead atoms. The number of ether oxygens (including phenoxy) is 1. The highest BCUT2D eigenvalue weighted by Crippen LogP contribution is 2.26. The molecule has 4 heteroatoms. The lowest BCUT2D eigenvalue weighted by molar-refractivity contribution is -0.143. The van der Waals surface area contributed by atoms with Crippen LogP contribution in [0.25, 0.3) is 0 Å². The van der Waals surface area contributed by atoms with Gasteiger partial charge in [-0.2, -0.15) is 0 Å². The van der Waals surface area contributed by atoms with E-state index in [0.717, 1.165) is 0 Å². The molecular formula is C10H10O4. The number of fused-ring (bicyclic) bond motifs is 1. The van der Waals surface area contributed by atoms with Crippen molar-refractivity contribution in [3.05, 3.63) is 23.7 Å². The number of esters is 1. The molecule has 1 aromatic heterocycles. The molecule has 14 heavy (non-hydrogen) atoms. The summed E-state index contributed by atoms with van der Waals surface area (Å²) < 4.78 is 9.68. The molecule has 0 saturated carbocycles. The van der Waals surface area contributed by atoms with Gasteiger partial charge < -0.3 is 9.15 Å². The lowest BCUT2D eigenvalue weighted by Gasteiger charge is -2.17. The predicted molar refractivity (Wildman–Crippen MR) is 46.9 cm³/mol. The molecule has 1 aliphatic rings. The molecule has 2 rings (SSSR count). The van der Waals surface area contributed by atoms with Crippen molar-refractivity contribution in [2.24, 2.45) is 5.92 Å². The fraction of sp³-hybridized carbons (Fsp3) is 0.400. The summed E-state index contributed by atoms with van der Waals surface area (Å²) in [4.78, 5) is 23.0. The minimum absolute atomic E-state index is 0.188. The van der Waals surface area contributed by atoms with Gasteiger partial charge in [-0.1, -0.05) is 0 Å². The van der Waals surface area contributed by atoms with E-state index < -0.39 is 11.9 Å². The van der Waals surface area contributed by atoms with Crippen molar-refractivity contribution in [2.45, 2.75) is 12.8 Å². The Morgan fingerprint density at radius 3 is 3.14 bits per heavy atom. The van der Waals surface area contributed by atoms with Crippen LogP contribution in [0.3, 0.4) is 0 Å². The number of rotatable bonds is 1. The van der Waals surface area contributed by atoms with Crippen LogP contribution in [0.5, 0.6) is 0 Å². The average molecular weight is 194 g/mol. The van der Waals surface area contributed by atoms with Crippen LogP contribution in [-0.2, 0) is 16.0 Å². The van der Waals surface area contributed by atoms with E-state index in [2.05, 4.69) is 4.74 Å². The van der Waals surface area contributed by atoms with E-state index in [-0.39, 0.29) is 5.78 Å². The predicted octanol–water partition coefficient (Wildman–Crippen LogP) is 1.20. The smallest absolute Gasteiger partial charge is 0.316 e. The van der Waals surface area contributed by atoms with Crippen LogP contribution >= 0.6 is 0 Å². The van der Waals surface area contributed by atoms with Crippen LogP contribution in [0.15, 0.2) is 16.7 Å². The Labute approximate surface area is 80.8 Å². The molecule has 74 valence electrons. The first kappa shape index (κ1) is 8.99. The van der Waals surface area contributed by atoms with Crippen molar-refractivity contribution in [2.75, 3.05) is 7.11 Å². The molecule has 0 N–H and O–H groups in total. The second-order valence-electron chi connectivity index (χ2n) is 3.24. The van der Waals surface area contributed by atoms with Crippen LogP contribution in [0.4, 0.5) is 0 Å². The van der Waals surface area contributed by atoms with Crippen LogP contribution in [-0.4, -0.2) is 18.9 Å². The Morgan fingerprint density at radius 2 is 2.43 bits per heavy atom. The lowest BCUT2D eigenvalue weighted by atomic mass is 9.87. The summed E-state index contributed by atoms with van der Waals surface area (Å²) in [5.74, 6) is -0.617. The maximum atomic E-state index is 11.7. The number of aryl methyl sites for hydroxylation is 1. The van der Waals surface area contributed by atoms with Gasteiger partial charge in [0.2, 0.25) is 0 Å². The second-order valence-corrected chi connectivity index (χ2v) is 3.24. The molecule has 1 aromatic rings. The van der Waals surface area contributed by atoms with Gasteiger partial charge in [0.25, 0.3) is 0 Å². The molecule has 0 aliphatic heterocycles. The molecule has 0 amide bonds. The highest BCUT2D eigenvalue weighted by Gasteiger charge is 2.34. The van der Waals surface area contributed by atoms with Crippen molar-refractivity contribution >= 4 is 11.8 Å². The molecule has 0 fully saturated rings. The van der Waals surface area contributed by atoms with Crippen molar-refractivity contribution in [1.82, 2.24) is 0 Å². The van der Waals surface area contributed by atoms with E-state index in [0.29, 0.717) is 24.2 Å². The minimum atomic E-state index is -0.648. The zero-order valence-electron chi connectivity index (χ0n) is 7.78. The average Bonchev–Trinajstić information content (AvgIpc) is 2.66. The standard InChI is InChI=1S/C10H10O4/c1-13-10(12)7-2-3-8-6(9(7)11)4-5-14-8/h4-5,7H,2-3H2,1H3/t7-/m0/s1. The van der Waals surface area contributed by atoms with Crippen LogP contribution in [0, 0.1) is 5.92 Å². The maximum Gasteiger partial charge on any atom is 0.316 e. The van der Waals surface area contributed by atoms with Crippen LogP contribution in [0.2, 0.25) is 0 Å².